The molecule has 1 amide bonds. The summed E-state index contributed by atoms with van der Waals surface area (Å²) in [5.41, 5.74) is 1.01. The van der Waals surface area contributed by atoms with Crippen molar-refractivity contribution >= 4 is 17.5 Å². The Hall–Kier alpha value is -1.26. The molecule has 4 nitrogen and oxygen atoms in total. The van der Waals surface area contributed by atoms with Crippen LogP contribution in [0.4, 0.5) is 0 Å². The molecule has 0 saturated heterocycles. The molecule has 0 spiro atoms. The van der Waals surface area contributed by atoms with Crippen molar-refractivity contribution < 1.29 is 14.6 Å². The zero-order chi connectivity index (χ0) is 13.5. The predicted molar refractivity (Wildman–Crippen MR) is 71.0 cm³/mol. The van der Waals surface area contributed by atoms with Crippen LogP contribution in [0, 0.1) is 6.92 Å². The Balaban J connectivity index is 2.49. The molecular weight excluding hydrogens is 254 g/mol. The minimum absolute atomic E-state index is 0.0760. The van der Waals surface area contributed by atoms with Gasteiger partial charge in [0.15, 0.2) is 6.61 Å². The highest BCUT2D eigenvalue weighted by Crippen LogP contribution is 2.24. The molecule has 0 bridgehead atoms. The number of nitrogens with one attached hydrogen (secondary N) is 1. The van der Waals surface area contributed by atoms with E-state index >= 15 is 0 Å². The summed E-state index contributed by atoms with van der Waals surface area (Å²) >= 11 is 5.94. The lowest BCUT2D eigenvalue weighted by Crippen LogP contribution is -2.39. The van der Waals surface area contributed by atoms with Crippen LogP contribution in [0.15, 0.2) is 18.2 Å². The predicted octanol–water partition coefficient (Wildman–Crippen LogP) is 1.91. The van der Waals surface area contributed by atoms with Crippen LogP contribution >= 0.6 is 11.6 Å². The second kappa shape index (κ2) is 7.24. The van der Waals surface area contributed by atoms with Crippen molar-refractivity contribution in [3.05, 3.63) is 28.8 Å². The number of aliphatic hydroxyl groups is 1. The Morgan fingerprint density at radius 1 is 1.56 bits per heavy atom. The lowest BCUT2D eigenvalue weighted by molar-refractivity contribution is -0.124. The maximum absolute atomic E-state index is 11.6. The van der Waals surface area contributed by atoms with Gasteiger partial charge in [-0.05, 0) is 31.0 Å². The summed E-state index contributed by atoms with van der Waals surface area (Å²) in [6.45, 7) is 3.62. The lowest BCUT2D eigenvalue weighted by Gasteiger charge is -2.14. The van der Waals surface area contributed by atoms with E-state index in [1.54, 1.807) is 12.1 Å². The summed E-state index contributed by atoms with van der Waals surface area (Å²) in [6, 6.07) is 5.15. The lowest BCUT2D eigenvalue weighted by atomic mass is 10.2. The number of aryl methyl sites for hydroxylation is 1. The minimum Gasteiger partial charge on any atom is -0.482 e. The average Bonchev–Trinajstić information content (AvgIpc) is 2.37. The summed E-state index contributed by atoms with van der Waals surface area (Å²) in [6.07, 6.45) is 0.674. The number of halogens is 1. The third-order valence-electron chi connectivity index (χ3n) is 2.52. The van der Waals surface area contributed by atoms with E-state index in [0.717, 1.165) is 5.56 Å². The van der Waals surface area contributed by atoms with Crippen molar-refractivity contribution in [1.82, 2.24) is 5.32 Å². The van der Waals surface area contributed by atoms with E-state index in [9.17, 15) is 4.79 Å². The Morgan fingerprint density at radius 3 is 2.89 bits per heavy atom. The quantitative estimate of drug-likeness (QED) is 0.831. The standard InChI is InChI=1S/C13H18ClNO3/c1-3-10(7-16)15-13(17)8-18-12-6-9(2)4-5-11(12)14/h4-6,10,16H,3,7-8H2,1-2H3,(H,15,17)/t10-/m0/s1. The molecule has 5 heteroatoms. The van der Waals surface area contributed by atoms with Crippen molar-refractivity contribution in [2.45, 2.75) is 26.3 Å². The van der Waals surface area contributed by atoms with Crippen LogP contribution in [-0.4, -0.2) is 30.3 Å². The van der Waals surface area contributed by atoms with Crippen LogP contribution in [0.3, 0.4) is 0 Å². The number of aliphatic hydroxyl groups excluding tert-OH is 1. The van der Waals surface area contributed by atoms with Gasteiger partial charge in [0, 0.05) is 0 Å². The van der Waals surface area contributed by atoms with Crippen LogP contribution in [0.5, 0.6) is 5.75 Å². The first-order valence-corrected chi connectivity index (χ1v) is 6.23. The summed E-state index contributed by atoms with van der Waals surface area (Å²) in [7, 11) is 0. The minimum atomic E-state index is -0.270. The molecule has 0 aliphatic carbocycles. The van der Waals surface area contributed by atoms with Gasteiger partial charge in [-0.3, -0.25) is 4.79 Å². The highest BCUT2D eigenvalue weighted by atomic mass is 35.5. The number of benzene rings is 1. The molecule has 0 radical (unpaired) electrons. The average molecular weight is 272 g/mol. The summed E-state index contributed by atoms with van der Waals surface area (Å²) in [5.74, 6) is 0.220. The maximum Gasteiger partial charge on any atom is 0.258 e. The van der Waals surface area contributed by atoms with E-state index in [2.05, 4.69) is 5.32 Å². The fraction of sp³-hybridized carbons (Fsp3) is 0.462. The van der Waals surface area contributed by atoms with Crippen LogP contribution < -0.4 is 10.1 Å². The van der Waals surface area contributed by atoms with Crippen molar-refractivity contribution in [1.29, 1.82) is 0 Å². The third kappa shape index (κ3) is 4.55. The van der Waals surface area contributed by atoms with Gasteiger partial charge >= 0.3 is 0 Å². The van der Waals surface area contributed by atoms with Gasteiger partial charge in [0.25, 0.3) is 5.91 Å². The van der Waals surface area contributed by atoms with Crippen LogP contribution in [0.2, 0.25) is 5.02 Å². The van der Waals surface area contributed by atoms with Gasteiger partial charge in [-0.1, -0.05) is 24.6 Å². The van der Waals surface area contributed by atoms with Gasteiger partial charge in [-0.25, -0.2) is 0 Å². The molecule has 0 unspecified atom stereocenters. The molecule has 100 valence electrons. The molecule has 0 saturated carbocycles. The first-order valence-electron chi connectivity index (χ1n) is 5.86. The molecular formula is C13H18ClNO3. The van der Waals surface area contributed by atoms with Crippen molar-refractivity contribution in [3.63, 3.8) is 0 Å². The van der Waals surface area contributed by atoms with E-state index in [0.29, 0.717) is 17.2 Å². The Kier molecular flexibility index (Phi) is 5.95. The summed E-state index contributed by atoms with van der Waals surface area (Å²) < 4.78 is 5.34. The second-order valence-corrected chi connectivity index (χ2v) is 4.49. The van der Waals surface area contributed by atoms with Crippen LogP contribution in [0.1, 0.15) is 18.9 Å². The van der Waals surface area contributed by atoms with E-state index in [1.807, 2.05) is 19.9 Å². The Bertz CT molecular complexity index is 405. The van der Waals surface area contributed by atoms with Gasteiger partial charge in [0.2, 0.25) is 0 Å². The Labute approximate surface area is 112 Å². The van der Waals surface area contributed by atoms with E-state index in [-0.39, 0.29) is 25.2 Å². The van der Waals surface area contributed by atoms with Crippen molar-refractivity contribution in [2.75, 3.05) is 13.2 Å². The number of carbonyl (C=O) groups excluding carboxylic acids is 1. The molecule has 0 aliphatic rings. The fourth-order valence-electron chi connectivity index (χ4n) is 1.41. The topological polar surface area (TPSA) is 58.6 Å². The molecule has 18 heavy (non-hydrogen) atoms. The molecule has 1 aromatic carbocycles. The molecule has 0 heterocycles. The zero-order valence-electron chi connectivity index (χ0n) is 10.6. The maximum atomic E-state index is 11.6. The first-order chi connectivity index (χ1) is 8.56. The van der Waals surface area contributed by atoms with Crippen LogP contribution in [-0.2, 0) is 4.79 Å². The van der Waals surface area contributed by atoms with Crippen molar-refractivity contribution in [3.8, 4) is 5.75 Å². The monoisotopic (exact) mass is 271 g/mol. The number of amides is 1. The number of ether oxygens (including phenoxy) is 1. The number of carbonyl (C=O) groups is 1. The number of hydrogen-bond acceptors (Lipinski definition) is 3. The normalized spacial score (nSPS) is 12.0. The highest BCUT2D eigenvalue weighted by molar-refractivity contribution is 6.32. The molecule has 2 N–H and O–H groups in total. The molecule has 1 aromatic rings. The van der Waals surface area contributed by atoms with Gasteiger partial charge in [-0.2, -0.15) is 0 Å². The number of rotatable bonds is 6. The van der Waals surface area contributed by atoms with E-state index in [1.165, 1.54) is 0 Å². The smallest absolute Gasteiger partial charge is 0.258 e. The summed E-state index contributed by atoms with van der Waals surface area (Å²) in [5, 5.41) is 12.1. The van der Waals surface area contributed by atoms with Gasteiger partial charge in [0.05, 0.1) is 17.7 Å². The fourth-order valence-corrected chi connectivity index (χ4v) is 1.58. The van der Waals surface area contributed by atoms with E-state index in [4.69, 9.17) is 21.4 Å². The van der Waals surface area contributed by atoms with Crippen molar-refractivity contribution in [2.24, 2.45) is 0 Å². The molecule has 1 rings (SSSR count). The van der Waals surface area contributed by atoms with Gasteiger partial charge in [-0.15, -0.1) is 0 Å². The highest BCUT2D eigenvalue weighted by Gasteiger charge is 2.10. The van der Waals surface area contributed by atoms with Gasteiger partial charge in [0.1, 0.15) is 5.75 Å². The molecule has 0 aromatic heterocycles. The molecule has 0 aliphatic heterocycles. The largest absolute Gasteiger partial charge is 0.482 e. The zero-order valence-corrected chi connectivity index (χ0v) is 11.3. The summed E-state index contributed by atoms with van der Waals surface area (Å²) in [4.78, 5) is 11.6. The second-order valence-electron chi connectivity index (χ2n) is 4.08. The SMILES string of the molecule is CC[C@@H](CO)NC(=O)COc1cc(C)ccc1Cl. The van der Waals surface area contributed by atoms with E-state index < -0.39 is 0 Å². The number of hydrogen-bond donors (Lipinski definition) is 2. The van der Waals surface area contributed by atoms with Gasteiger partial charge < -0.3 is 15.2 Å². The first kappa shape index (κ1) is 14.8. The third-order valence-corrected chi connectivity index (χ3v) is 2.84. The van der Waals surface area contributed by atoms with Crippen LogP contribution in [0.25, 0.3) is 0 Å². The Morgan fingerprint density at radius 2 is 2.28 bits per heavy atom. The molecule has 1 atom stereocenters. The molecule has 0 fully saturated rings.